The summed E-state index contributed by atoms with van der Waals surface area (Å²) in [7, 11) is -4.43. The van der Waals surface area contributed by atoms with Gasteiger partial charge in [-0.3, -0.25) is 4.79 Å². The van der Waals surface area contributed by atoms with Crippen LogP contribution >= 0.6 is 0 Å². The molecule has 108 valence electrons. The van der Waals surface area contributed by atoms with E-state index in [2.05, 4.69) is 0 Å². The van der Waals surface area contributed by atoms with Gasteiger partial charge in [0, 0.05) is 5.41 Å². The summed E-state index contributed by atoms with van der Waals surface area (Å²) < 4.78 is 41.3. The summed E-state index contributed by atoms with van der Waals surface area (Å²) in [5, 5.41) is 0. The standard InChI is InChI=1S/C11H16O7S/c1-10(2)7-3-4-11(10,18-8(7)12)9(13)17-5-6-19(14,15)16/h7H,3-6H2,1-2H3,(H,14,15,16)/p-1. The van der Waals surface area contributed by atoms with Crippen LogP contribution in [0.1, 0.15) is 26.7 Å². The Hall–Kier alpha value is -1.15. The molecule has 0 aromatic heterocycles. The third-order valence-corrected chi connectivity index (χ3v) is 4.82. The Balaban J connectivity index is 2.09. The zero-order valence-corrected chi connectivity index (χ0v) is 11.5. The SMILES string of the molecule is CC1(C)C2CCC1(C(=O)OCCS(=O)(=O)[O-])OC2=O. The summed E-state index contributed by atoms with van der Waals surface area (Å²) in [6.45, 7) is 2.98. The molecule has 1 saturated carbocycles. The topological polar surface area (TPSA) is 110 Å². The summed E-state index contributed by atoms with van der Waals surface area (Å²) in [6, 6.07) is 0. The highest BCUT2D eigenvalue weighted by atomic mass is 32.2. The van der Waals surface area contributed by atoms with Crippen molar-refractivity contribution in [1.82, 2.24) is 0 Å². The summed E-state index contributed by atoms with van der Waals surface area (Å²) in [5.74, 6) is -2.32. The first-order valence-corrected chi connectivity index (χ1v) is 7.51. The van der Waals surface area contributed by atoms with Crippen LogP contribution in [0, 0.1) is 11.3 Å². The molecule has 0 amide bonds. The molecule has 2 unspecified atom stereocenters. The molecule has 7 nitrogen and oxygen atoms in total. The van der Waals surface area contributed by atoms with Crippen molar-refractivity contribution < 1.29 is 32.0 Å². The Labute approximate surface area is 111 Å². The maximum atomic E-state index is 12.1. The molecule has 19 heavy (non-hydrogen) atoms. The molecule has 2 bridgehead atoms. The Bertz CT molecular complexity index is 521. The van der Waals surface area contributed by atoms with Crippen molar-refractivity contribution >= 4 is 22.1 Å². The largest absolute Gasteiger partial charge is 0.748 e. The average molecular weight is 291 g/mol. The van der Waals surface area contributed by atoms with Crippen LogP contribution in [0.4, 0.5) is 0 Å². The van der Waals surface area contributed by atoms with E-state index in [9.17, 15) is 22.6 Å². The maximum Gasteiger partial charge on any atom is 0.351 e. The molecule has 0 spiro atoms. The number of ether oxygens (including phenoxy) is 2. The molecule has 2 rings (SSSR count). The van der Waals surface area contributed by atoms with Gasteiger partial charge < -0.3 is 14.0 Å². The minimum Gasteiger partial charge on any atom is -0.748 e. The minimum absolute atomic E-state index is 0.344. The molecule has 1 heterocycles. The Kier molecular flexibility index (Phi) is 3.13. The van der Waals surface area contributed by atoms with Gasteiger partial charge in [0.1, 0.15) is 6.61 Å². The molecule has 0 aromatic carbocycles. The zero-order chi connectivity index (χ0) is 14.5. The van der Waals surface area contributed by atoms with E-state index in [4.69, 9.17) is 9.47 Å². The summed E-state index contributed by atoms with van der Waals surface area (Å²) in [4.78, 5) is 23.7. The number of fused-ring (bicyclic) bond motifs is 2. The number of esters is 2. The highest BCUT2D eigenvalue weighted by Gasteiger charge is 2.70. The number of hydrogen-bond donors (Lipinski definition) is 0. The van der Waals surface area contributed by atoms with Crippen LogP contribution < -0.4 is 0 Å². The second kappa shape index (κ2) is 4.17. The molecular weight excluding hydrogens is 276 g/mol. The van der Waals surface area contributed by atoms with Crippen molar-refractivity contribution in [2.24, 2.45) is 11.3 Å². The van der Waals surface area contributed by atoms with Gasteiger partial charge in [-0.2, -0.15) is 0 Å². The van der Waals surface area contributed by atoms with Crippen molar-refractivity contribution in [2.45, 2.75) is 32.3 Å². The molecule has 2 fully saturated rings. The van der Waals surface area contributed by atoms with Crippen molar-refractivity contribution in [1.29, 1.82) is 0 Å². The lowest BCUT2D eigenvalue weighted by atomic mass is 9.75. The van der Waals surface area contributed by atoms with Gasteiger partial charge in [0.2, 0.25) is 5.60 Å². The molecule has 1 aliphatic heterocycles. The van der Waals surface area contributed by atoms with Gasteiger partial charge in [0.15, 0.2) is 0 Å². The molecule has 1 aliphatic carbocycles. The van der Waals surface area contributed by atoms with Gasteiger partial charge >= 0.3 is 11.9 Å². The molecule has 2 atom stereocenters. The number of rotatable bonds is 4. The Morgan fingerprint density at radius 1 is 1.53 bits per heavy atom. The lowest BCUT2D eigenvalue weighted by Gasteiger charge is -2.32. The van der Waals surface area contributed by atoms with E-state index >= 15 is 0 Å². The quantitative estimate of drug-likeness (QED) is 0.521. The second-order valence-corrected chi connectivity index (χ2v) is 6.98. The van der Waals surface area contributed by atoms with Gasteiger partial charge in [0.25, 0.3) is 0 Å². The number of carbonyl (C=O) groups excluding carboxylic acids is 2. The van der Waals surface area contributed by atoms with Crippen molar-refractivity contribution in [3.63, 3.8) is 0 Å². The predicted molar refractivity (Wildman–Crippen MR) is 60.9 cm³/mol. The van der Waals surface area contributed by atoms with Crippen LogP contribution in [-0.4, -0.2) is 42.9 Å². The van der Waals surface area contributed by atoms with Crippen molar-refractivity contribution in [3.8, 4) is 0 Å². The van der Waals surface area contributed by atoms with E-state index in [1.807, 2.05) is 0 Å². The van der Waals surface area contributed by atoms with E-state index in [1.54, 1.807) is 13.8 Å². The Morgan fingerprint density at radius 3 is 2.58 bits per heavy atom. The molecular formula is C11H15O7S-. The average Bonchev–Trinajstić information content (AvgIpc) is 2.60. The molecule has 8 heteroatoms. The lowest BCUT2D eigenvalue weighted by Crippen LogP contribution is -2.48. The van der Waals surface area contributed by atoms with Crippen LogP contribution in [0.25, 0.3) is 0 Å². The summed E-state index contributed by atoms with van der Waals surface area (Å²) in [5.41, 5.74) is -2.03. The highest BCUT2D eigenvalue weighted by molar-refractivity contribution is 7.85. The normalized spacial score (nSPS) is 32.2. The molecule has 1 saturated heterocycles. The van der Waals surface area contributed by atoms with E-state index in [0.29, 0.717) is 12.8 Å². The van der Waals surface area contributed by atoms with Crippen LogP contribution in [0.5, 0.6) is 0 Å². The molecule has 0 aromatic rings. The highest BCUT2D eigenvalue weighted by Crippen LogP contribution is 2.58. The zero-order valence-electron chi connectivity index (χ0n) is 10.7. The van der Waals surface area contributed by atoms with Crippen LogP contribution in [0.2, 0.25) is 0 Å². The van der Waals surface area contributed by atoms with E-state index < -0.39 is 45.4 Å². The van der Waals surface area contributed by atoms with Crippen molar-refractivity contribution in [2.75, 3.05) is 12.4 Å². The van der Waals surface area contributed by atoms with E-state index in [1.165, 1.54) is 0 Å². The van der Waals surface area contributed by atoms with Crippen LogP contribution in [0.3, 0.4) is 0 Å². The van der Waals surface area contributed by atoms with E-state index in [-0.39, 0.29) is 5.92 Å². The van der Waals surface area contributed by atoms with Crippen molar-refractivity contribution in [3.05, 3.63) is 0 Å². The number of carbonyl (C=O) groups is 2. The first-order chi connectivity index (χ1) is 8.60. The van der Waals surface area contributed by atoms with Gasteiger partial charge in [0.05, 0.1) is 21.8 Å². The molecule has 0 radical (unpaired) electrons. The van der Waals surface area contributed by atoms with Crippen LogP contribution in [0.15, 0.2) is 0 Å². The summed E-state index contributed by atoms with van der Waals surface area (Å²) in [6.07, 6.45) is 0.903. The predicted octanol–water partition coefficient (Wildman–Crippen LogP) is -0.193. The van der Waals surface area contributed by atoms with Gasteiger partial charge in [-0.1, -0.05) is 13.8 Å². The number of hydrogen-bond acceptors (Lipinski definition) is 7. The van der Waals surface area contributed by atoms with Crippen LogP contribution in [-0.2, 0) is 29.2 Å². The first kappa shape index (κ1) is 14.3. The third-order valence-electron chi connectivity index (χ3n) is 4.15. The van der Waals surface area contributed by atoms with Gasteiger partial charge in [-0.25, -0.2) is 13.2 Å². The second-order valence-electron chi connectivity index (χ2n) is 5.46. The minimum atomic E-state index is -4.43. The molecule has 0 N–H and O–H groups in total. The van der Waals surface area contributed by atoms with E-state index in [0.717, 1.165) is 0 Å². The fourth-order valence-corrected chi connectivity index (χ4v) is 3.20. The van der Waals surface area contributed by atoms with Gasteiger partial charge in [-0.05, 0) is 12.8 Å². The first-order valence-electron chi connectivity index (χ1n) is 5.94. The fraction of sp³-hybridized carbons (Fsp3) is 0.818. The monoisotopic (exact) mass is 291 g/mol. The Morgan fingerprint density at radius 2 is 2.16 bits per heavy atom. The third kappa shape index (κ3) is 2.12. The maximum absolute atomic E-state index is 12.1. The molecule has 2 aliphatic rings. The lowest BCUT2D eigenvalue weighted by molar-refractivity contribution is -0.182. The van der Waals surface area contributed by atoms with Gasteiger partial charge in [-0.15, -0.1) is 0 Å². The smallest absolute Gasteiger partial charge is 0.351 e. The summed E-state index contributed by atoms with van der Waals surface area (Å²) >= 11 is 0. The fourth-order valence-electron chi connectivity index (χ4n) is 2.91.